The van der Waals surface area contributed by atoms with Crippen molar-refractivity contribution >= 4 is 101 Å². The van der Waals surface area contributed by atoms with Gasteiger partial charge in [-0.1, -0.05) is 57.8 Å². The Morgan fingerprint density at radius 3 is 0.798 bits per heavy atom. The zero-order chi connectivity index (χ0) is 62.8. The molecule has 0 heterocycles. The molecule has 0 aromatic carbocycles. The second kappa shape index (κ2) is 54.6. The number of unbranched alkanes of at least 4 members (excludes halogenated alkanes) is 9. The van der Waals surface area contributed by atoms with E-state index >= 15 is 0 Å². The van der Waals surface area contributed by atoms with Crippen LogP contribution in [0.2, 0.25) is 0 Å². The summed E-state index contributed by atoms with van der Waals surface area (Å²) in [6.07, 6.45) is 18.2. The first-order valence-corrected chi connectivity index (χ1v) is 36.1. The molecule has 3 atom stereocenters. The van der Waals surface area contributed by atoms with E-state index in [0.717, 1.165) is 101 Å². The first-order valence-electron chi connectivity index (χ1n) is 27.9. The summed E-state index contributed by atoms with van der Waals surface area (Å²) >= 11 is 5.05. The second-order valence-electron chi connectivity index (χ2n) is 22.4. The van der Waals surface area contributed by atoms with Crippen LogP contribution in [-0.2, 0) is 73.3 Å². The SMILES string of the molecule is COC(CCCCCCCCSCCC(=O)NC(C)(C)CS(=O)(=O)[O-])CC(C)=O.COC(CCCCCCSCCC(=O)NC(C)(C)CS(=O)(=O)[O-])CC(C)=O.COC(CCCCSCCC(=O)NC(C)(C)CS(=O)(=O)[O-])CC(C)=O.[Na+].[Na+].[Na+]. The van der Waals surface area contributed by atoms with E-state index in [1.807, 2.05) is 0 Å². The minimum Gasteiger partial charge on any atom is -0.748 e. The number of amides is 3. The summed E-state index contributed by atoms with van der Waals surface area (Å²) in [5.74, 6) is 2.71. The molecule has 3 unspecified atom stereocenters. The zero-order valence-electron chi connectivity index (χ0n) is 53.7. The van der Waals surface area contributed by atoms with Crippen LogP contribution in [0.3, 0.4) is 0 Å². The van der Waals surface area contributed by atoms with E-state index in [1.54, 1.807) is 77.4 Å². The van der Waals surface area contributed by atoms with Crippen LogP contribution in [0.25, 0.3) is 0 Å². The fourth-order valence-electron chi connectivity index (χ4n) is 8.22. The zero-order valence-corrected chi connectivity index (χ0v) is 64.6. The molecule has 0 fully saturated rings. The van der Waals surface area contributed by atoms with Crippen LogP contribution in [-0.4, -0.2) is 182 Å². The van der Waals surface area contributed by atoms with Gasteiger partial charge in [-0.25, -0.2) is 25.3 Å². The summed E-state index contributed by atoms with van der Waals surface area (Å²) in [7, 11) is -8.22. The molecule has 0 spiro atoms. The smallest absolute Gasteiger partial charge is 0.748 e. The number of carbonyl (C=O) groups excluding carboxylic acids is 6. The number of hydrogen-bond acceptors (Lipinski definition) is 21. The molecule has 0 aliphatic rings. The molecule has 3 N–H and O–H groups in total. The molecule has 0 aromatic heterocycles. The van der Waals surface area contributed by atoms with Gasteiger partial charge >= 0.3 is 88.7 Å². The van der Waals surface area contributed by atoms with E-state index in [1.165, 1.54) is 54.4 Å². The van der Waals surface area contributed by atoms with Gasteiger partial charge in [0, 0.05) is 93.7 Å². The number of nitrogens with one attached hydrogen (secondary N) is 3. The number of thioether (sulfide) groups is 3. The van der Waals surface area contributed by atoms with Gasteiger partial charge in [0.05, 0.1) is 65.9 Å². The molecule has 3 amide bonds. The first kappa shape index (κ1) is 96.2. The fraction of sp³-hybridized carbons (Fsp3) is 0.889. The maximum atomic E-state index is 11.9. The maximum absolute atomic E-state index is 11.9. The van der Waals surface area contributed by atoms with E-state index in [9.17, 15) is 67.7 Å². The number of carbonyl (C=O) groups is 6. The number of hydrogen-bond donors (Lipinski definition) is 3. The molecular formula is C54H102N3Na3O18S6. The van der Waals surface area contributed by atoms with Crippen molar-refractivity contribution in [2.45, 2.75) is 232 Å². The molecule has 0 rings (SSSR count). The summed E-state index contributed by atoms with van der Waals surface area (Å²) < 4.78 is 113. The quantitative estimate of drug-likeness (QED) is 0.0354. The Kier molecular flexibility index (Phi) is 62.5. The van der Waals surface area contributed by atoms with Crippen molar-refractivity contribution in [2.24, 2.45) is 0 Å². The van der Waals surface area contributed by atoms with Gasteiger partial charge in [-0.2, -0.15) is 35.3 Å². The van der Waals surface area contributed by atoms with Crippen molar-refractivity contribution < 1.29 is 171 Å². The fourth-order valence-corrected chi connectivity index (χ4v) is 13.9. The number of ketones is 3. The summed E-state index contributed by atoms with van der Waals surface area (Å²) in [5, 5.41) is 7.78. The Morgan fingerprint density at radius 1 is 0.381 bits per heavy atom. The van der Waals surface area contributed by atoms with E-state index in [4.69, 9.17) is 14.2 Å². The van der Waals surface area contributed by atoms with E-state index in [0.29, 0.717) is 49.4 Å². The standard InChI is InChI=1S/C20H39NO6S2.C18H35NO6S2.C16H31NO6S2.3Na/c1-17(22)15-18(27-4)11-9-7-5-6-8-10-13-28-14-12-19(23)21-20(2,3)16-29(24,25)26;1-15(20)13-16(25-4)9-7-5-6-8-11-26-12-10-17(21)19-18(2,3)14-27(22,23)24;1-13(18)11-14(23-4)7-5-6-9-24-10-8-15(19)17-16(2,3)12-25(20,21)22;;;/h18H,5-16H2,1-4H3,(H,21,23)(H,24,25,26);16H,5-14H2,1-4H3,(H,19,21)(H,22,23,24);14H,5-12H2,1-4H3,(H,17,19)(H,20,21,22);;;/q;;;3*+1/p-3. The van der Waals surface area contributed by atoms with Gasteiger partial charge in [0.1, 0.15) is 17.3 Å². The molecule has 0 aliphatic carbocycles. The van der Waals surface area contributed by atoms with E-state index < -0.39 is 64.2 Å². The number of methoxy groups -OCH3 is 3. The van der Waals surface area contributed by atoms with E-state index in [2.05, 4.69) is 16.0 Å². The van der Waals surface area contributed by atoms with Crippen LogP contribution < -0.4 is 105 Å². The van der Waals surface area contributed by atoms with Gasteiger partial charge in [-0.05, 0) is 118 Å². The average molecular weight is 1340 g/mol. The third-order valence-electron chi connectivity index (χ3n) is 11.7. The summed E-state index contributed by atoms with van der Waals surface area (Å²) in [6, 6.07) is 0. The summed E-state index contributed by atoms with van der Waals surface area (Å²) in [5.41, 5.74) is -3.16. The maximum Gasteiger partial charge on any atom is 1.00 e. The predicted octanol–water partition coefficient (Wildman–Crippen LogP) is -1.51. The van der Waals surface area contributed by atoms with Crippen LogP contribution in [0.4, 0.5) is 0 Å². The number of Topliss-reactive ketones (excluding diaryl/α,β-unsaturated/α-hetero) is 3. The molecular weight excluding hydrogens is 1240 g/mol. The van der Waals surface area contributed by atoms with Crippen molar-refractivity contribution in [2.75, 3.05) is 73.1 Å². The Balaban J connectivity index is -0.000000268. The van der Waals surface area contributed by atoms with Gasteiger partial charge in [-0.15, -0.1) is 0 Å². The molecule has 0 aromatic rings. The Hall–Kier alpha value is 1.08. The largest absolute Gasteiger partial charge is 1.00 e. The number of ether oxygens (including phenoxy) is 3. The van der Waals surface area contributed by atoms with Crippen LogP contribution in [0.5, 0.6) is 0 Å². The minimum absolute atomic E-state index is 0. The van der Waals surface area contributed by atoms with Crippen molar-refractivity contribution in [3.05, 3.63) is 0 Å². The molecule has 0 aliphatic heterocycles. The average Bonchev–Trinajstić information content (AvgIpc) is 3.28. The summed E-state index contributed by atoms with van der Waals surface area (Å²) in [6.45, 7) is 13.9. The van der Waals surface area contributed by atoms with Gasteiger partial charge in [-0.3, -0.25) is 28.8 Å². The molecule has 0 radical (unpaired) electrons. The first-order chi connectivity index (χ1) is 37.3. The third-order valence-corrected chi connectivity index (χ3v) is 18.1. The third kappa shape index (κ3) is 72.1. The van der Waals surface area contributed by atoms with Crippen LogP contribution in [0, 0.1) is 0 Å². The second-order valence-corrected chi connectivity index (χ2v) is 30.3. The van der Waals surface area contributed by atoms with Gasteiger partial charge in [0.15, 0.2) is 0 Å². The molecule has 84 heavy (non-hydrogen) atoms. The Bertz CT molecular complexity index is 2130. The Labute approximate surface area is 586 Å². The molecule has 21 nitrogen and oxygen atoms in total. The van der Waals surface area contributed by atoms with Gasteiger partial charge in [0.25, 0.3) is 0 Å². The predicted molar refractivity (Wildman–Crippen MR) is 324 cm³/mol. The van der Waals surface area contributed by atoms with Crippen molar-refractivity contribution in [3.8, 4) is 0 Å². The molecule has 480 valence electrons. The van der Waals surface area contributed by atoms with E-state index in [-0.39, 0.29) is 148 Å². The van der Waals surface area contributed by atoms with Crippen LogP contribution in [0.15, 0.2) is 0 Å². The minimum atomic E-state index is -4.38. The van der Waals surface area contributed by atoms with Crippen molar-refractivity contribution in [1.29, 1.82) is 0 Å². The monoisotopic (exact) mass is 1340 g/mol. The van der Waals surface area contributed by atoms with Gasteiger partial charge < -0.3 is 43.8 Å². The van der Waals surface area contributed by atoms with Crippen molar-refractivity contribution in [3.63, 3.8) is 0 Å². The molecule has 0 bridgehead atoms. The van der Waals surface area contributed by atoms with Crippen LogP contribution >= 0.6 is 35.3 Å². The van der Waals surface area contributed by atoms with Crippen LogP contribution in [0.1, 0.15) is 197 Å². The molecule has 30 heteroatoms. The normalized spacial score (nSPS) is 12.9. The molecule has 0 saturated carbocycles. The summed E-state index contributed by atoms with van der Waals surface area (Å²) in [4.78, 5) is 68.7. The number of rotatable bonds is 48. The Morgan fingerprint density at radius 2 is 0.583 bits per heavy atom. The topological polar surface area (TPSA) is 338 Å². The van der Waals surface area contributed by atoms with Crippen molar-refractivity contribution in [1.82, 2.24) is 16.0 Å². The molecule has 0 saturated heterocycles. The van der Waals surface area contributed by atoms with Gasteiger partial charge in [0.2, 0.25) is 17.7 Å².